The molecule has 96 valence electrons. The first-order valence-electron chi connectivity index (χ1n) is 6.59. The Hall–Kier alpha value is -1.76. The van der Waals surface area contributed by atoms with Crippen molar-refractivity contribution >= 4 is 11.5 Å². The summed E-state index contributed by atoms with van der Waals surface area (Å²) in [5, 5.41) is 12.2. The van der Waals surface area contributed by atoms with E-state index >= 15 is 0 Å². The first-order chi connectivity index (χ1) is 8.69. The SMILES string of the molecule is CC1CCC(CNc2ccc(N)c(C#N)n2)CC1. The predicted molar refractivity (Wildman–Crippen MR) is 73.0 cm³/mol. The molecule has 0 spiro atoms. The molecule has 1 saturated carbocycles. The van der Waals surface area contributed by atoms with Crippen LogP contribution in [0.5, 0.6) is 0 Å². The Morgan fingerprint density at radius 3 is 2.78 bits per heavy atom. The van der Waals surface area contributed by atoms with Crippen molar-refractivity contribution in [2.24, 2.45) is 11.8 Å². The Bertz CT molecular complexity index is 442. The number of pyridine rings is 1. The molecule has 0 aromatic carbocycles. The van der Waals surface area contributed by atoms with Gasteiger partial charge in [-0.25, -0.2) is 4.98 Å². The van der Waals surface area contributed by atoms with Gasteiger partial charge in [0.15, 0.2) is 5.69 Å². The minimum atomic E-state index is 0.303. The van der Waals surface area contributed by atoms with Crippen LogP contribution in [0.15, 0.2) is 12.1 Å². The molecular weight excluding hydrogens is 224 g/mol. The van der Waals surface area contributed by atoms with Crippen LogP contribution >= 0.6 is 0 Å². The van der Waals surface area contributed by atoms with Gasteiger partial charge in [0.1, 0.15) is 11.9 Å². The Kier molecular flexibility index (Phi) is 4.03. The zero-order chi connectivity index (χ0) is 13.0. The Balaban J connectivity index is 1.89. The van der Waals surface area contributed by atoms with Crippen LogP contribution in [0.1, 0.15) is 38.3 Å². The number of hydrogen-bond acceptors (Lipinski definition) is 4. The molecule has 0 atom stereocenters. The molecule has 18 heavy (non-hydrogen) atoms. The van der Waals surface area contributed by atoms with Crippen molar-refractivity contribution in [2.75, 3.05) is 17.6 Å². The van der Waals surface area contributed by atoms with E-state index in [-0.39, 0.29) is 0 Å². The quantitative estimate of drug-likeness (QED) is 0.857. The standard InChI is InChI=1S/C14H20N4/c1-10-2-4-11(5-3-10)9-17-14-7-6-12(16)13(8-15)18-14/h6-7,10-11H,2-5,9,16H2,1H3,(H,17,18). The molecule has 0 radical (unpaired) electrons. The van der Waals surface area contributed by atoms with E-state index in [4.69, 9.17) is 11.0 Å². The van der Waals surface area contributed by atoms with E-state index in [1.165, 1.54) is 25.7 Å². The molecule has 4 nitrogen and oxygen atoms in total. The maximum atomic E-state index is 8.87. The fourth-order valence-electron chi connectivity index (χ4n) is 2.44. The lowest BCUT2D eigenvalue weighted by molar-refractivity contribution is 0.300. The van der Waals surface area contributed by atoms with Crippen molar-refractivity contribution in [3.63, 3.8) is 0 Å². The molecule has 0 aliphatic heterocycles. The first-order valence-corrected chi connectivity index (χ1v) is 6.59. The second kappa shape index (κ2) is 5.72. The zero-order valence-corrected chi connectivity index (χ0v) is 10.8. The van der Waals surface area contributed by atoms with E-state index in [2.05, 4.69) is 17.2 Å². The third-order valence-corrected chi connectivity index (χ3v) is 3.74. The molecule has 0 amide bonds. The van der Waals surface area contributed by atoms with Crippen molar-refractivity contribution in [3.05, 3.63) is 17.8 Å². The molecule has 0 unspecified atom stereocenters. The average Bonchev–Trinajstić information content (AvgIpc) is 2.39. The fraction of sp³-hybridized carbons (Fsp3) is 0.571. The summed E-state index contributed by atoms with van der Waals surface area (Å²) in [6.45, 7) is 3.26. The normalized spacial score (nSPS) is 23.3. The number of nitrogens with one attached hydrogen (secondary N) is 1. The number of aromatic nitrogens is 1. The number of nitrogen functional groups attached to an aromatic ring is 1. The van der Waals surface area contributed by atoms with Crippen molar-refractivity contribution < 1.29 is 0 Å². The van der Waals surface area contributed by atoms with E-state index in [0.29, 0.717) is 11.4 Å². The topological polar surface area (TPSA) is 74.7 Å². The number of nitrogens with two attached hydrogens (primary N) is 1. The molecule has 1 heterocycles. The van der Waals surface area contributed by atoms with Gasteiger partial charge in [-0.1, -0.05) is 19.8 Å². The minimum absolute atomic E-state index is 0.303. The maximum Gasteiger partial charge on any atom is 0.165 e. The Labute approximate surface area is 108 Å². The van der Waals surface area contributed by atoms with Gasteiger partial charge in [0.2, 0.25) is 0 Å². The van der Waals surface area contributed by atoms with Gasteiger partial charge in [0.25, 0.3) is 0 Å². The van der Waals surface area contributed by atoms with Gasteiger partial charge >= 0.3 is 0 Å². The van der Waals surface area contributed by atoms with Gasteiger partial charge in [-0.3, -0.25) is 0 Å². The van der Waals surface area contributed by atoms with Gasteiger partial charge in [-0.15, -0.1) is 0 Å². The molecule has 1 fully saturated rings. The molecule has 1 aromatic rings. The Morgan fingerprint density at radius 2 is 2.11 bits per heavy atom. The monoisotopic (exact) mass is 244 g/mol. The van der Waals surface area contributed by atoms with Crippen LogP contribution in [0.25, 0.3) is 0 Å². The summed E-state index contributed by atoms with van der Waals surface area (Å²) in [5.41, 5.74) is 6.38. The molecule has 4 heteroatoms. The predicted octanol–water partition coefficient (Wildman–Crippen LogP) is 2.77. The number of nitriles is 1. The van der Waals surface area contributed by atoms with E-state index < -0.39 is 0 Å². The van der Waals surface area contributed by atoms with Crippen LogP contribution in [-0.4, -0.2) is 11.5 Å². The van der Waals surface area contributed by atoms with Gasteiger partial charge in [0, 0.05) is 6.54 Å². The highest BCUT2D eigenvalue weighted by molar-refractivity contribution is 5.54. The average molecular weight is 244 g/mol. The second-order valence-electron chi connectivity index (χ2n) is 5.25. The van der Waals surface area contributed by atoms with Crippen molar-refractivity contribution in [1.29, 1.82) is 5.26 Å². The summed E-state index contributed by atoms with van der Waals surface area (Å²) in [7, 11) is 0. The number of rotatable bonds is 3. The summed E-state index contributed by atoms with van der Waals surface area (Å²) in [6.07, 6.45) is 5.22. The zero-order valence-electron chi connectivity index (χ0n) is 10.8. The summed E-state index contributed by atoms with van der Waals surface area (Å²) in [4.78, 5) is 4.19. The molecule has 0 bridgehead atoms. The highest BCUT2D eigenvalue weighted by Crippen LogP contribution is 2.28. The van der Waals surface area contributed by atoms with Crippen molar-refractivity contribution in [2.45, 2.75) is 32.6 Å². The van der Waals surface area contributed by atoms with Crippen LogP contribution < -0.4 is 11.1 Å². The smallest absolute Gasteiger partial charge is 0.165 e. The number of nitrogens with zero attached hydrogens (tertiary/aromatic N) is 2. The lowest BCUT2D eigenvalue weighted by Gasteiger charge is -2.26. The second-order valence-corrected chi connectivity index (χ2v) is 5.25. The third-order valence-electron chi connectivity index (χ3n) is 3.74. The molecule has 1 aliphatic rings. The van der Waals surface area contributed by atoms with Crippen LogP contribution in [0, 0.1) is 23.2 Å². The molecule has 0 saturated heterocycles. The van der Waals surface area contributed by atoms with E-state index in [1.54, 1.807) is 6.07 Å². The van der Waals surface area contributed by atoms with Crippen molar-refractivity contribution in [1.82, 2.24) is 4.98 Å². The maximum absolute atomic E-state index is 8.87. The van der Waals surface area contributed by atoms with Crippen LogP contribution in [0.2, 0.25) is 0 Å². The first kappa shape index (κ1) is 12.7. The third kappa shape index (κ3) is 3.13. The van der Waals surface area contributed by atoms with Gasteiger partial charge in [-0.05, 0) is 36.8 Å². The summed E-state index contributed by atoms with van der Waals surface area (Å²) in [5.74, 6) is 2.35. The van der Waals surface area contributed by atoms with Crippen molar-refractivity contribution in [3.8, 4) is 6.07 Å². The summed E-state index contributed by atoms with van der Waals surface area (Å²) in [6, 6.07) is 5.57. The Morgan fingerprint density at radius 1 is 1.39 bits per heavy atom. The van der Waals surface area contributed by atoms with E-state index in [1.807, 2.05) is 12.1 Å². The molecule has 2 rings (SSSR count). The lowest BCUT2D eigenvalue weighted by Crippen LogP contribution is -2.20. The van der Waals surface area contributed by atoms with E-state index in [0.717, 1.165) is 24.2 Å². The highest BCUT2D eigenvalue weighted by Gasteiger charge is 2.17. The molecular formula is C14H20N4. The molecule has 1 aromatic heterocycles. The molecule has 1 aliphatic carbocycles. The lowest BCUT2D eigenvalue weighted by atomic mass is 9.83. The van der Waals surface area contributed by atoms with E-state index in [9.17, 15) is 0 Å². The van der Waals surface area contributed by atoms with Gasteiger partial charge in [-0.2, -0.15) is 5.26 Å². The van der Waals surface area contributed by atoms with Crippen LogP contribution in [-0.2, 0) is 0 Å². The fourth-order valence-corrected chi connectivity index (χ4v) is 2.44. The number of anilines is 2. The number of hydrogen-bond donors (Lipinski definition) is 2. The summed E-state index contributed by atoms with van der Waals surface area (Å²) < 4.78 is 0. The van der Waals surface area contributed by atoms with Gasteiger partial charge in [0.05, 0.1) is 5.69 Å². The highest BCUT2D eigenvalue weighted by atomic mass is 15.0. The molecule has 3 N–H and O–H groups in total. The van der Waals surface area contributed by atoms with Crippen LogP contribution in [0.4, 0.5) is 11.5 Å². The van der Waals surface area contributed by atoms with Gasteiger partial charge < -0.3 is 11.1 Å². The van der Waals surface area contributed by atoms with Crippen LogP contribution in [0.3, 0.4) is 0 Å². The summed E-state index contributed by atoms with van der Waals surface area (Å²) >= 11 is 0. The largest absolute Gasteiger partial charge is 0.396 e. The minimum Gasteiger partial charge on any atom is -0.396 e.